The van der Waals surface area contributed by atoms with E-state index < -0.39 is 0 Å². The third kappa shape index (κ3) is 12.6. The molecule has 0 bridgehead atoms. The minimum Gasteiger partial charge on any atom is -0.507 e. The summed E-state index contributed by atoms with van der Waals surface area (Å²) in [5.41, 5.74) is 1.91. The molecule has 0 amide bonds. The van der Waals surface area contributed by atoms with E-state index in [0.717, 1.165) is 36.6 Å². The minimum atomic E-state index is 0.0105. The van der Waals surface area contributed by atoms with Crippen molar-refractivity contribution >= 4 is 28.8 Å². The number of nitrogens with zero attached hydrogens (tertiary/aromatic N) is 1. The van der Waals surface area contributed by atoms with Gasteiger partial charge in [-0.2, -0.15) is 0 Å². The quantitative estimate of drug-likeness (QED) is 0.151. The summed E-state index contributed by atoms with van der Waals surface area (Å²) in [5, 5.41) is 10.4. The molecule has 0 aliphatic rings. The van der Waals surface area contributed by atoms with Gasteiger partial charge in [0.15, 0.2) is 0 Å². The molecule has 0 saturated carbocycles. The summed E-state index contributed by atoms with van der Waals surface area (Å²) >= 11 is 1.34. The summed E-state index contributed by atoms with van der Waals surface area (Å²) in [6, 6.07) is 12.7. The Morgan fingerprint density at radius 1 is 0.833 bits per heavy atom. The maximum Gasteiger partial charge on any atom is 0.219 e. The number of phenolic OH excluding ortho intramolecular Hbond substituents is 1. The first-order chi connectivity index (χ1) is 17.6. The number of ether oxygens (including phenoxy) is 1. The van der Waals surface area contributed by atoms with Crippen LogP contribution >= 0.6 is 11.8 Å². The monoisotopic (exact) mass is 511 g/mol. The van der Waals surface area contributed by atoms with Gasteiger partial charge in [0.2, 0.25) is 5.12 Å². The van der Waals surface area contributed by atoms with Gasteiger partial charge >= 0.3 is 0 Å². The molecule has 2 rings (SSSR count). The second-order valence-corrected chi connectivity index (χ2v) is 10.5. The van der Waals surface area contributed by atoms with Crippen LogP contribution in [0.25, 0.3) is 0 Å². The van der Waals surface area contributed by atoms with E-state index >= 15 is 0 Å². The molecule has 0 atom stereocenters. The lowest BCUT2D eigenvalue weighted by atomic mass is 10.1. The highest BCUT2D eigenvalue weighted by Crippen LogP contribution is 2.23. The number of carbonyl (C=O) groups is 1. The Balaban J connectivity index is 1.72. The van der Waals surface area contributed by atoms with Crippen LogP contribution in [0.3, 0.4) is 0 Å². The van der Waals surface area contributed by atoms with Crippen LogP contribution in [0, 0.1) is 0 Å². The average Bonchev–Trinajstić information content (AvgIpc) is 2.89. The van der Waals surface area contributed by atoms with Crippen LogP contribution < -0.4 is 4.74 Å². The van der Waals surface area contributed by atoms with Crippen LogP contribution in [-0.2, 0) is 0 Å². The molecule has 0 fully saturated rings. The largest absolute Gasteiger partial charge is 0.507 e. The maximum atomic E-state index is 12.5. The molecule has 0 saturated heterocycles. The zero-order valence-electron chi connectivity index (χ0n) is 22.3. The summed E-state index contributed by atoms with van der Waals surface area (Å²) in [6.45, 7) is 5.20. The van der Waals surface area contributed by atoms with E-state index in [0.29, 0.717) is 11.1 Å². The molecule has 4 nitrogen and oxygen atoms in total. The summed E-state index contributed by atoms with van der Waals surface area (Å²) in [6.07, 6.45) is 17.8. The van der Waals surface area contributed by atoms with Crippen molar-refractivity contribution in [2.75, 3.05) is 12.4 Å². The van der Waals surface area contributed by atoms with Gasteiger partial charge in [-0.25, -0.2) is 0 Å². The van der Waals surface area contributed by atoms with E-state index in [-0.39, 0.29) is 10.9 Å². The molecule has 198 valence electrons. The number of unbranched alkanes of at least 4 members (excludes halogenated alkanes) is 11. The third-order valence-corrected chi connectivity index (χ3v) is 7.19. The fourth-order valence-corrected chi connectivity index (χ4v) is 4.76. The first-order valence-electron chi connectivity index (χ1n) is 13.9. The van der Waals surface area contributed by atoms with E-state index in [2.05, 4.69) is 18.8 Å². The van der Waals surface area contributed by atoms with Crippen molar-refractivity contribution in [1.29, 1.82) is 0 Å². The fourth-order valence-electron chi connectivity index (χ4n) is 3.93. The second-order valence-electron chi connectivity index (χ2n) is 9.40. The SMILES string of the molecule is CCCCCCCCCSC(=O)c1ccc(C=Nc2ccc(OCCCCCCCC)cc2)c(O)c1. The van der Waals surface area contributed by atoms with Crippen molar-refractivity contribution in [2.24, 2.45) is 4.99 Å². The van der Waals surface area contributed by atoms with E-state index in [1.165, 1.54) is 82.4 Å². The predicted octanol–water partition coefficient (Wildman–Crippen LogP) is 9.51. The number of benzene rings is 2. The molecule has 0 unspecified atom stereocenters. The van der Waals surface area contributed by atoms with Crippen molar-refractivity contribution in [3.63, 3.8) is 0 Å². The Morgan fingerprint density at radius 2 is 1.44 bits per heavy atom. The van der Waals surface area contributed by atoms with Crippen LogP contribution in [0.1, 0.15) is 113 Å². The number of thioether (sulfide) groups is 1. The van der Waals surface area contributed by atoms with Crippen LogP contribution in [0.5, 0.6) is 11.5 Å². The number of hydrogen-bond acceptors (Lipinski definition) is 5. The lowest BCUT2D eigenvalue weighted by Crippen LogP contribution is -1.97. The third-order valence-electron chi connectivity index (χ3n) is 6.20. The van der Waals surface area contributed by atoms with Crippen molar-refractivity contribution in [3.8, 4) is 11.5 Å². The maximum absolute atomic E-state index is 12.5. The molecule has 0 heterocycles. The Kier molecular flexibility index (Phi) is 15.7. The molecule has 5 heteroatoms. The molecule has 0 aliphatic carbocycles. The van der Waals surface area contributed by atoms with E-state index in [1.54, 1.807) is 24.4 Å². The highest BCUT2D eigenvalue weighted by Gasteiger charge is 2.09. The zero-order chi connectivity index (χ0) is 25.8. The standard InChI is InChI=1S/C31H45NO3S/c1-3-5-7-9-11-13-15-23-36-31(34)26-16-17-27(30(33)24-26)25-32-28-18-20-29(21-19-28)35-22-14-12-10-8-6-4-2/h16-21,24-25,33H,3-15,22-23H2,1-2H3. The normalized spacial score (nSPS) is 11.3. The lowest BCUT2D eigenvalue weighted by Gasteiger charge is -2.06. The minimum absolute atomic E-state index is 0.0105. The van der Waals surface area contributed by atoms with Gasteiger partial charge in [0.25, 0.3) is 0 Å². The number of carbonyl (C=O) groups excluding carboxylic acids is 1. The van der Waals surface area contributed by atoms with Crippen molar-refractivity contribution < 1.29 is 14.6 Å². The van der Waals surface area contributed by atoms with E-state index in [1.807, 2.05) is 24.3 Å². The Bertz CT molecular complexity index is 895. The van der Waals surface area contributed by atoms with Crippen LogP contribution in [0.4, 0.5) is 5.69 Å². The van der Waals surface area contributed by atoms with Crippen LogP contribution in [0.2, 0.25) is 0 Å². The molecule has 1 N–H and O–H groups in total. The van der Waals surface area contributed by atoms with Gasteiger partial charge in [-0.05, 0) is 55.3 Å². The van der Waals surface area contributed by atoms with Gasteiger partial charge < -0.3 is 9.84 Å². The van der Waals surface area contributed by atoms with Crippen LogP contribution in [-0.4, -0.2) is 28.8 Å². The number of phenols is 1. The first-order valence-corrected chi connectivity index (χ1v) is 14.9. The summed E-state index contributed by atoms with van der Waals surface area (Å²) < 4.78 is 5.82. The summed E-state index contributed by atoms with van der Waals surface area (Å²) in [4.78, 5) is 16.9. The molecule has 2 aromatic rings. The first kappa shape index (κ1) is 30.0. The lowest BCUT2D eigenvalue weighted by molar-refractivity contribution is 0.108. The van der Waals surface area contributed by atoms with Gasteiger partial charge in [0.05, 0.1) is 12.3 Å². The fraction of sp³-hybridized carbons (Fsp3) is 0.548. The number of rotatable bonds is 19. The Labute approximate surface area is 223 Å². The summed E-state index contributed by atoms with van der Waals surface area (Å²) in [7, 11) is 0. The van der Waals surface area contributed by atoms with E-state index in [4.69, 9.17) is 4.74 Å². The number of aliphatic imine (C=N–C) groups is 1. The summed E-state index contributed by atoms with van der Waals surface area (Å²) in [5.74, 6) is 1.75. The van der Waals surface area contributed by atoms with Crippen molar-refractivity contribution in [2.45, 2.75) is 97.3 Å². The number of aromatic hydroxyl groups is 1. The Hall–Kier alpha value is -2.27. The Morgan fingerprint density at radius 3 is 2.08 bits per heavy atom. The average molecular weight is 512 g/mol. The molecular weight excluding hydrogens is 466 g/mol. The number of hydrogen-bond donors (Lipinski definition) is 1. The second kappa shape index (κ2) is 18.9. The highest BCUT2D eigenvalue weighted by atomic mass is 32.2. The molecule has 36 heavy (non-hydrogen) atoms. The smallest absolute Gasteiger partial charge is 0.219 e. The topological polar surface area (TPSA) is 58.9 Å². The van der Waals surface area contributed by atoms with Gasteiger partial charge in [0.1, 0.15) is 11.5 Å². The zero-order valence-corrected chi connectivity index (χ0v) is 23.2. The molecular formula is C31H45NO3S. The molecule has 0 spiro atoms. The molecule has 0 radical (unpaired) electrons. The van der Waals surface area contributed by atoms with Gasteiger partial charge in [-0.15, -0.1) is 0 Å². The molecule has 0 aliphatic heterocycles. The van der Waals surface area contributed by atoms with E-state index in [9.17, 15) is 9.90 Å². The van der Waals surface area contributed by atoms with Crippen molar-refractivity contribution in [3.05, 3.63) is 53.6 Å². The van der Waals surface area contributed by atoms with Gasteiger partial charge in [-0.1, -0.05) is 96.2 Å². The molecule has 2 aromatic carbocycles. The van der Waals surface area contributed by atoms with Crippen molar-refractivity contribution in [1.82, 2.24) is 0 Å². The van der Waals surface area contributed by atoms with Crippen LogP contribution in [0.15, 0.2) is 47.5 Å². The highest BCUT2D eigenvalue weighted by molar-refractivity contribution is 8.14. The molecule has 0 aromatic heterocycles. The van der Waals surface area contributed by atoms with Gasteiger partial charge in [0, 0.05) is 23.1 Å². The van der Waals surface area contributed by atoms with Gasteiger partial charge in [-0.3, -0.25) is 9.79 Å². The predicted molar refractivity (Wildman–Crippen MR) is 155 cm³/mol.